The Morgan fingerprint density at radius 3 is 2.14 bits per heavy atom. The van der Waals surface area contributed by atoms with Crippen molar-refractivity contribution in [3.63, 3.8) is 0 Å². The summed E-state index contributed by atoms with van der Waals surface area (Å²) in [7, 11) is 0. The Morgan fingerprint density at radius 2 is 1.59 bits per heavy atom. The molecule has 4 aliphatic rings. The molecule has 2 unspecified atom stereocenters. The summed E-state index contributed by atoms with van der Waals surface area (Å²) < 4.78 is 30.1. The minimum absolute atomic E-state index is 0.0390. The number of carbonyl (C=O) groups is 4. The molecule has 2 aromatic rings. The third kappa shape index (κ3) is 6.78. The number of Topliss-reactive ketones (excluding diaryl/α,β-unsaturated/α-hetero) is 1. The van der Waals surface area contributed by atoms with E-state index in [9.17, 15) is 39.6 Å². The average Bonchev–Trinajstić information content (AvgIpc) is 3.11. The maximum atomic E-state index is 14.9. The fourth-order valence-corrected chi connectivity index (χ4v) is 9.45. The highest BCUT2D eigenvalue weighted by molar-refractivity contribution is 5.93. The Balaban J connectivity index is 1.48. The molecular formula is C42H53NO13. The first kappa shape index (κ1) is 41.3. The third-order valence-electron chi connectivity index (χ3n) is 12.3. The number of ether oxygens (including phenoxy) is 5. The molecule has 2 bridgehead atoms. The second-order valence-electron chi connectivity index (χ2n) is 17.2. The van der Waals surface area contributed by atoms with Crippen molar-refractivity contribution >= 4 is 23.8 Å². The number of carbonyl (C=O) groups excluding carboxylic acids is 4. The molecule has 6 rings (SSSR count). The van der Waals surface area contributed by atoms with Crippen LogP contribution in [0.1, 0.15) is 79.8 Å². The monoisotopic (exact) mass is 779 g/mol. The van der Waals surface area contributed by atoms with Gasteiger partial charge in [0.05, 0.1) is 30.1 Å². The molecule has 3 fully saturated rings. The van der Waals surface area contributed by atoms with Gasteiger partial charge in [-0.3, -0.25) is 9.59 Å². The second-order valence-corrected chi connectivity index (χ2v) is 17.2. The van der Waals surface area contributed by atoms with E-state index in [4.69, 9.17) is 23.7 Å². The first-order valence-electron chi connectivity index (χ1n) is 18.9. The van der Waals surface area contributed by atoms with Gasteiger partial charge >= 0.3 is 18.0 Å². The van der Waals surface area contributed by atoms with Crippen molar-refractivity contribution in [2.75, 3.05) is 6.61 Å². The van der Waals surface area contributed by atoms with Gasteiger partial charge in [0.1, 0.15) is 41.4 Å². The minimum atomic E-state index is -2.14. The quantitative estimate of drug-likeness (QED) is 0.148. The summed E-state index contributed by atoms with van der Waals surface area (Å²) in [5.41, 5.74) is -7.31. The van der Waals surface area contributed by atoms with Gasteiger partial charge in [0.15, 0.2) is 17.5 Å². The zero-order chi connectivity index (χ0) is 41.2. The number of nitrogens with one attached hydrogen (secondary N) is 1. The van der Waals surface area contributed by atoms with Gasteiger partial charge in [0, 0.05) is 25.2 Å². The lowest BCUT2D eigenvalue weighted by Gasteiger charge is -2.67. The fourth-order valence-electron chi connectivity index (χ4n) is 9.45. The van der Waals surface area contributed by atoms with Crippen molar-refractivity contribution in [3.05, 3.63) is 77.4 Å². The molecule has 1 heterocycles. The van der Waals surface area contributed by atoms with E-state index < -0.39 is 100 Å². The third-order valence-corrected chi connectivity index (χ3v) is 12.3. The molecule has 1 amide bonds. The van der Waals surface area contributed by atoms with Crippen LogP contribution in [0.25, 0.3) is 0 Å². The summed E-state index contributed by atoms with van der Waals surface area (Å²) in [6, 6.07) is 15.4. The van der Waals surface area contributed by atoms with E-state index >= 15 is 0 Å². The van der Waals surface area contributed by atoms with Crippen molar-refractivity contribution in [1.29, 1.82) is 0 Å². The molecule has 304 valence electrons. The van der Waals surface area contributed by atoms with Gasteiger partial charge < -0.3 is 49.4 Å². The van der Waals surface area contributed by atoms with Gasteiger partial charge in [-0.15, -0.1) is 0 Å². The molecule has 1 aliphatic heterocycles. The van der Waals surface area contributed by atoms with Crippen LogP contribution in [0.4, 0.5) is 4.79 Å². The first-order chi connectivity index (χ1) is 26.1. The number of rotatable bonds is 8. The molecule has 14 heteroatoms. The predicted molar refractivity (Wildman–Crippen MR) is 199 cm³/mol. The average molecular weight is 780 g/mol. The molecule has 2 saturated carbocycles. The van der Waals surface area contributed by atoms with Crippen LogP contribution >= 0.6 is 0 Å². The van der Waals surface area contributed by atoms with Crippen molar-refractivity contribution in [2.24, 2.45) is 16.7 Å². The molecular weight excluding hydrogens is 726 g/mol. The first-order valence-corrected chi connectivity index (χ1v) is 18.9. The van der Waals surface area contributed by atoms with Crippen LogP contribution in [0.15, 0.2) is 71.8 Å². The van der Waals surface area contributed by atoms with E-state index in [1.807, 2.05) is 0 Å². The Morgan fingerprint density at radius 1 is 0.982 bits per heavy atom. The van der Waals surface area contributed by atoms with Crippen LogP contribution in [0.5, 0.6) is 5.75 Å². The Kier molecular flexibility index (Phi) is 10.7. The number of aliphatic hydroxyl groups excluding tert-OH is 3. The minimum Gasteiger partial charge on any atom is -0.487 e. The summed E-state index contributed by atoms with van der Waals surface area (Å²) in [5, 5.41) is 51.6. The summed E-state index contributed by atoms with van der Waals surface area (Å²) in [6.07, 6.45) is -10.4. The van der Waals surface area contributed by atoms with E-state index in [1.54, 1.807) is 102 Å². The zero-order valence-electron chi connectivity index (χ0n) is 33.0. The van der Waals surface area contributed by atoms with Crippen LogP contribution in [0.3, 0.4) is 0 Å². The summed E-state index contributed by atoms with van der Waals surface area (Å²) in [4.78, 5) is 54.7. The van der Waals surface area contributed by atoms with Crippen molar-refractivity contribution in [3.8, 4) is 5.75 Å². The van der Waals surface area contributed by atoms with E-state index in [0.29, 0.717) is 5.56 Å². The number of amides is 1. The van der Waals surface area contributed by atoms with Gasteiger partial charge in [-0.05, 0) is 63.5 Å². The highest BCUT2D eigenvalue weighted by Crippen LogP contribution is 2.64. The number of benzene rings is 2. The molecule has 0 spiro atoms. The predicted octanol–water partition coefficient (Wildman–Crippen LogP) is 3.48. The van der Waals surface area contributed by atoms with Crippen LogP contribution < -0.4 is 10.1 Å². The highest BCUT2D eigenvalue weighted by Gasteiger charge is 2.77. The smallest absolute Gasteiger partial charge is 0.408 e. The number of alkyl carbamates (subject to hydrolysis) is 1. The Labute approximate surface area is 326 Å². The van der Waals surface area contributed by atoms with Crippen LogP contribution in [0, 0.1) is 16.7 Å². The molecule has 14 nitrogen and oxygen atoms in total. The number of aliphatic hydroxyl groups is 4. The number of hydrogen-bond acceptors (Lipinski definition) is 13. The zero-order valence-corrected chi connectivity index (χ0v) is 33.0. The number of para-hydroxylation sites is 1. The van der Waals surface area contributed by atoms with E-state index in [1.165, 1.54) is 13.8 Å². The highest BCUT2D eigenvalue weighted by atomic mass is 16.6. The molecule has 3 aliphatic carbocycles. The van der Waals surface area contributed by atoms with E-state index in [2.05, 4.69) is 5.32 Å². The van der Waals surface area contributed by atoms with Gasteiger partial charge in [0.2, 0.25) is 0 Å². The SMILES string of the molecule is CC(=O)O[C@@]12CO[C@@H]1CC(O)[C@@]1(C)C(=O)[C@H](O)C3=C(C)[C@@H](OC(=O)[C@H](O)[C@@H](NC(=O)OC(C)(C)C)c4ccccc4)C[C@@](O)([C@@H](Oc4ccccc4)C12)C3(C)C. The maximum absolute atomic E-state index is 14.9. The van der Waals surface area contributed by atoms with Gasteiger partial charge in [-0.1, -0.05) is 62.4 Å². The molecule has 0 aromatic heterocycles. The molecule has 5 N–H and O–H groups in total. The number of ketones is 1. The van der Waals surface area contributed by atoms with Gasteiger partial charge in [0.25, 0.3) is 0 Å². The Bertz CT molecular complexity index is 1880. The summed E-state index contributed by atoms with van der Waals surface area (Å²) in [5.74, 6) is -3.71. The largest absolute Gasteiger partial charge is 0.487 e. The summed E-state index contributed by atoms with van der Waals surface area (Å²) in [6.45, 7) is 12.4. The number of fused-ring (bicyclic) bond motifs is 5. The lowest BCUT2D eigenvalue weighted by molar-refractivity contribution is -0.343. The molecule has 56 heavy (non-hydrogen) atoms. The number of hydrogen-bond donors (Lipinski definition) is 5. The normalized spacial score (nSPS) is 34.5. The number of esters is 2. The van der Waals surface area contributed by atoms with E-state index in [0.717, 1.165) is 0 Å². The summed E-state index contributed by atoms with van der Waals surface area (Å²) >= 11 is 0. The van der Waals surface area contributed by atoms with Crippen molar-refractivity contribution in [1.82, 2.24) is 5.32 Å². The maximum Gasteiger partial charge on any atom is 0.408 e. The van der Waals surface area contributed by atoms with Crippen LogP contribution in [-0.2, 0) is 33.3 Å². The lowest BCUT2D eigenvalue weighted by Crippen LogP contribution is -2.82. The Hall–Kier alpha value is -4.34. The topological polar surface area (TPSA) is 207 Å². The van der Waals surface area contributed by atoms with E-state index in [-0.39, 0.29) is 36.3 Å². The molecule has 11 atom stereocenters. The molecule has 2 aromatic carbocycles. The fraction of sp³-hybridized carbons (Fsp3) is 0.571. The second kappa shape index (κ2) is 14.6. The van der Waals surface area contributed by atoms with Crippen LogP contribution in [-0.4, -0.2) is 104 Å². The molecule has 0 radical (unpaired) electrons. The van der Waals surface area contributed by atoms with Crippen molar-refractivity contribution in [2.45, 2.75) is 128 Å². The van der Waals surface area contributed by atoms with Crippen LogP contribution in [0.2, 0.25) is 0 Å². The van der Waals surface area contributed by atoms with Gasteiger partial charge in [-0.2, -0.15) is 0 Å². The molecule has 1 saturated heterocycles. The van der Waals surface area contributed by atoms with Crippen molar-refractivity contribution < 1.29 is 63.3 Å². The van der Waals surface area contributed by atoms with Gasteiger partial charge in [-0.25, -0.2) is 9.59 Å². The lowest BCUT2D eigenvalue weighted by atomic mass is 9.44. The standard InChI is InChI=1S/C42H53NO13/c1-22-26(54-36(49)32(47)30(24-15-11-9-12-16-24)43-37(50)56-38(3,4)5)20-42(51)35(53-25-17-13-10-14-18-25)33-40(8,34(48)31(46)29(22)39(42,6)7)27(45)19-28-41(33,21-52-28)55-23(2)44/h9-18,26-28,30-33,35,45-47,51H,19-21H2,1-8H3,(H,43,50)/t26-,27?,28+,30-,31+,32+,33?,35-,40+,41-,42+/m0/s1.